The molecule has 6 nitrogen and oxygen atoms in total. The first-order chi connectivity index (χ1) is 11.5. The Morgan fingerprint density at radius 2 is 2.04 bits per heavy atom. The number of hydrogen-bond acceptors (Lipinski definition) is 4. The molecule has 0 amide bonds. The predicted octanol–water partition coefficient (Wildman–Crippen LogP) is 2.78. The highest BCUT2D eigenvalue weighted by Crippen LogP contribution is 2.26. The number of nitrogens with zero attached hydrogens (tertiary/aromatic N) is 4. The summed E-state index contributed by atoms with van der Waals surface area (Å²) in [7, 11) is 0. The number of nitriles is 1. The molecule has 0 spiro atoms. The van der Waals surface area contributed by atoms with E-state index >= 15 is 0 Å². The van der Waals surface area contributed by atoms with Crippen LogP contribution >= 0.6 is 0 Å². The van der Waals surface area contributed by atoms with Gasteiger partial charge in [-0.15, -0.1) is 0 Å². The first kappa shape index (κ1) is 15.3. The molecule has 0 aliphatic carbocycles. The van der Waals surface area contributed by atoms with Gasteiger partial charge in [0.2, 0.25) is 0 Å². The Bertz CT molecular complexity index is 992. The van der Waals surface area contributed by atoms with Crippen molar-refractivity contribution >= 4 is 5.97 Å². The van der Waals surface area contributed by atoms with Crippen LogP contribution < -0.4 is 0 Å². The lowest BCUT2D eigenvalue weighted by Gasteiger charge is -2.07. The first-order valence-electron chi connectivity index (χ1n) is 6.63. The molecule has 0 saturated heterocycles. The lowest BCUT2D eigenvalue weighted by atomic mass is 10.1. The van der Waals surface area contributed by atoms with Crippen molar-refractivity contribution in [1.82, 2.24) is 14.8 Å². The molecule has 0 aliphatic heterocycles. The number of carboxylic acid groups (broad SMARTS) is 1. The third-order valence-corrected chi connectivity index (χ3v) is 3.27. The average Bonchev–Trinajstić information content (AvgIpc) is 3.07. The van der Waals surface area contributed by atoms with Crippen molar-refractivity contribution in [2.45, 2.75) is 0 Å². The topological polar surface area (TPSA) is 91.8 Å². The Kier molecular flexibility index (Phi) is 3.75. The summed E-state index contributed by atoms with van der Waals surface area (Å²) in [5, 5.41) is 22.0. The Labute approximate surface area is 134 Å². The summed E-state index contributed by atoms with van der Waals surface area (Å²) in [6.45, 7) is 0. The van der Waals surface area contributed by atoms with Gasteiger partial charge in [0.25, 0.3) is 0 Å². The fourth-order valence-electron chi connectivity index (χ4n) is 2.13. The Morgan fingerprint density at radius 3 is 2.71 bits per heavy atom. The van der Waals surface area contributed by atoms with Crippen LogP contribution in [0.2, 0.25) is 0 Å². The van der Waals surface area contributed by atoms with E-state index in [0.29, 0.717) is 5.69 Å². The van der Waals surface area contributed by atoms with Crippen LogP contribution in [0.25, 0.3) is 16.9 Å². The molecule has 3 rings (SSSR count). The van der Waals surface area contributed by atoms with Crippen molar-refractivity contribution in [1.29, 1.82) is 5.26 Å². The molecular weight excluding hydrogens is 318 g/mol. The maximum absolute atomic E-state index is 13.9. The van der Waals surface area contributed by atoms with Gasteiger partial charge >= 0.3 is 5.97 Å². The van der Waals surface area contributed by atoms with Crippen molar-refractivity contribution < 1.29 is 18.7 Å². The van der Waals surface area contributed by atoms with E-state index in [0.717, 1.165) is 24.4 Å². The van der Waals surface area contributed by atoms with E-state index in [4.69, 9.17) is 5.11 Å². The molecule has 3 aromatic rings. The smallest absolute Gasteiger partial charge is 0.338 e. The summed E-state index contributed by atoms with van der Waals surface area (Å²) < 4.78 is 28.5. The summed E-state index contributed by atoms with van der Waals surface area (Å²) in [4.78, 5) is 14.9. The standard InChI is InChI=1S/C16H8F2N4O2/c17-11-1-2-14(18)13(4-11)15-9(5-19)3-12(7-20-15)22-8-10(6-21-22)16(23)24/h1-4,6-8H,(H,23,24). The van der Waals surface area contributed by atoms with E-state index in [1.165, 1.54) is 23.1 Å². The van der Waals surface area contributed by atoms with E-state index < -0.39 is 17.6 Å². The molecule has 0 aliphatic rings. The highest BCUT2D eigenvalue weighted by Gasteiger charge is 2.15. The van der Waals surface area contributed by atoms with Crippen LogP contribution in [0.5, 0.6) is 0 Å². The summed E-state index contributed by atoms with van der Waals surface area (Å²) in [6.07, 6.45) is 3.69. The number of aromatic nitrogens is 3. The van der Waals surface area contributed by atoms with Crippen molar-refractivity contribution in [2.24, 2.45) is 0 Å². The Balaban J connectivity index is 2.10. The van der Waals surface area contributed by atoms with Crippen LogP contribution in [0.4, 0.5) is 8.78 Å². The number of carboxylic acids is 1. The average molecular weight is 326 g/mol. The van der Waals surface area contributed by atoms with Gasteiger partial charge in [-0.1, -0.05) is 0 Å². The molecule has 8 heteroatoms. The van der Waals surface area contributed by atoms with Crippen LogP contribution in [0, 0.1) is 23.0 Å². The second kappa shape index (κ2) is 5.89. The van der Waals surface area contributed by atoms with Gasteiger partial charge in [0.1, 0.15) is 17.7 Å². The number of hydrogen-bond donors (Lipinski definition) is 1. The minimum absolute atomic E-state index is 0.00405. The lowest BCUT2D eigenvalue weighted by Crippen LogP contribution is -2.00. The summed E-state index contributed by atoms with van der Waals surface area (Å²) in [6, 6.07) is 6.11. The molecule has 1 aromatic carbocycles. The largest absolute Gasteiger partial charge is 0.478 e. The van der Waals surface area contributed by atoms with Crippen molar-refractivity contribution in [2.75, 3.05) is 0 Å². The van der Waals surface area contributed by atoms with Crippen LogP contribution in [0.3, 0.4) is 0 Å². The molecule has 2 aromatic heterocycles. The second-order valence-electron chi connectivity index (χ2n) is 4.80. The fourth-order valence-corrected chi connectivity index (χ4v) is 2.13. The molecule has 118 valence electrons. The first-order valence-corrected chi connectivity index (χ1v) is 6.63. The molecule has 2 heterocycles. The molecule has 1 N–H and O–H groups in total. The Hall–Kier alpha value is -3.60. The molecule has 24 heavy (non-hydrogen) atoms. The van der Waals surface area contributed by atoms with E-state index in [-0.39, 0.29) is 22.4 Å². The minimum Gasteiger partial charge on any atom is -0.478 e. The number of halogens is 2. The van der Waals surface area contributed by atoms with Gasteiger partial charge < -0.3 is 5.11 Å². The molecular formula is C16H8F2N4O2. The van der Waals surface area contributed by atoms with E-state index in [1.807, 2.05) is 6.07 Å². The molecule has 0 radical (unpaired) electrons. The van der Waals surface area contributed by atoms with E-state index in [9.17, 15) is 18.8 Å². The van der Waals surface area contributed by atoms with Gasteiger partial charge in [-0.3, -0.25) is 4.98 Å². The maximum Gasteiger partial charge on any atom is 0.338 e. The fraction of sp³-hybridized carbons (Fsp3) is 0. The summed E-state index contributed by atoms with van der Waals surface area (Å²) >= 11 is 0. The van der Waals surface area contributed by atoms with E-state index in [2.05, 4.69) is 10.1 Å². The molecule has 0 atom stereocenters. The van der Waals surface area contributed by atoms with Crippen LogP contribution in [-0.4, -0.2) is 25.8 Å². The maximum atomic E-state index is 13.9. The van der Waals surface area contributed by atoms with Gasteiger partial charge in [0.15, 0.2) is 0 Å². The second-order valence-corrected chi connectivity index (χ2v) is 4.80. The highest BCUT2D eigenvalue weighted by molar-refractivity contribution is 5.87. The van der Waals surface area contributed by atoms with Gasteiger partial charge in [-0.25, -0.2) is 18.3 Å². The van der Waals surface area contributed by atoms with Crippen molar-refractivity contribution in [3.05, 3.63) is 65.6 Å². The molecule has 0 unspecified atom stereocenters. The number of benzene rings is 1. The molecule has 0 saturated carbocycles. The number of carbonyl (C=O) groups is 1. The zero-order valence-electron chi connectivity index (χ0n) is 11.9. The number of aromatic carboxylic acids is 1. The Morgan fingerprint density at radius 1 is 1.25 bits per heavy atom. The van der Waals surface area contributed by atoms with Crippen LogP contribution in [0.1, 0.15) is 15.9 Å². The zero-order valence-corrected chi connectivity index (χ0v) is 11.9. The molecule has 0 bridgehead atoms. The third kappa shape index (κ3) is 2.70. The van der Waals surface area contributed by atoms with Crippen molar-refractivity contribution in [3.8, 4) is 23.0 Å². The van der Waals surface area contributed by atoms with Gasteiger partial charge in [-0.2, -0.15) is 10.4 Å². The highest BCUT2D eigenvalue weighted by atomic mass is 19.1. The van der Waals surface area contributed by atoms with Crippen LogP contribution in [-0.2, 0) is 0 Å². The monoisotopic (exact) mass is 326 g/mol. The molecule has 0 fully saturated rings. The predicted molar refractivity (Wildman–Crippen MR) is 78.4 cm³/mol. The zero-order chi connectivity index (χ0) is 17.3. The summed E-state index contributed by atoms with van der Waals surface area (Å²) in [5.41, 5.74) is 0.145. The van der Waals surface area contributed by atoms with Crippen LogP contribution in [0.15, 0.2) is 42.9 Å². The normalized spacial score (nSPS) is 10.4. The lowest BCUT2D eigenvalue weighted by molar-refractivity contribution is 0.0697. The van der Waals surface area contributed by atoms with Gasteiger partial charge in [0.05, 0.1) is 34.9 Å². The summed E-state index contributed by atoms with van der Waals surface area (Å²) in [5.74, 6) is -2.51. The van der Waals surface area contributed by atoms with Gasteiger partial charge in [0, 0.05) is 11.8 Å². The SMILES string of the molecule is N#Cc1cc(-n2cc(C(=O)O)cn2)cnc1-c1cc(F)ccc1F. The minimum atomic E-state index is -1.15. The quantitative estimate of drug-likeness (QED) is 0.799. The number of rotatable bonds is 3. The number of pyridine rings is 1. The third-order valence-electron chi connectivity index (χ3n) is 3.27. The van der Waals surface area contributed by atoms with E-state index in [1.54, 1.807) is 0 Å². The van der Waals surface area contributed by atoms with Crippen molar-refractivity contribution in [3.63, 3.8) is 0 Å². The van der Waals surface area contributed by atoms with Gasteiger partial charge in [-0.05, 0) is 24.3 Å².